The van der Waals surface area contributed by atoms with Gasteiger partial charge in [0.2, 0.25) is 0 Å². The van der Waals surface area contributed by atoms with Crippen LogP contribution in [0.3, 0.4) is 0 Å². The van der Waals surface area contributed by atoms with Crippen LogP contribution in [-0.2, 0) is 0 Å². The van der Waals surface area contributed by atoms with E-state index in [2.05, 4.69) is 25.2 Å². The van der Waals surface area contributed by atoms with Gasteiger partial charge in [-0.2, -0.15) is 0 Å². The van der Waals surface area contributed by atoms with Crippen molar-refractivity contribution in [1.82, 2.24) is 0 Å². The average Bonchev–Trinajstić information content (AvgIpc) is 2.05. The Balaban J connectivity index is -0.0000000716. The molecular formula is C9H21NO3Si. The molecule has 0 aliphatic heterocycles. The van der Waals surface area contributed by atoms with Gasteiger partial charge in [-0.3, -0.25) is 0 Å². The quantitative estimate of drug-likeness (QED) is 0.390. The minimum Gasteiger partial charge on any atom is -0.390 e. The van der Waals surface area contributed by atoms with Gasteiger partial charge in [0.25, 0.3) is 0 Å². The van der Waals surface area contributed by atoms with Gasteiger partial charge in [-0.1, -0.05) is 7.43 Å². The molecule has 4 nitrogen and oxygen atoms in total. The van der Waals surface area contributed by atoms with Crippen molar-refractivity contribution in [2.24, 2.45) is 5.73 Å². The third-order valence-corrected chi connectivity index (χ3v) is 1.74. The van der Waals surface area contributed by atoms with Crippen LogP contribution in [0, 0.1) is 25.2 Å². The van der Waals surface area contributed by atoms with E-state index in [9.17, 15) is 0 Å². The summed E-state index contributed by atoms with van der Waals surface area (Å²) < 4.78 is 0. The van der Waals surface area contributed by atoms with E-state index in [-0.39, 0.29) is 13.5 Å². The van der Waals surface area contributed by atoms with Crippen molar-refractivity contribution in [3.8, 4) is 25.2 Å². The Hall–Kier alpha value is -0.823. The molecule has 0 saturated heterocycles. The first-order valence-corrected chi connectivity index (χ1v) is 5.60. The summed E-state index contributed by atoms with van der Waals surface area (Å²) in [7, 11) is -3.76. The lowest BCUT2D eigenvalue weighted by atomic mass is 10.5. The Morgan fingerprint density at radius 2 is 1.57 bits per heavy atom. The molecule has 5 N–H and O–H groups in total. The lowest BCUT2D eigenvalue weighted by molar-refractivity contribution is 0.227. The van der Waals surface area contributed by atoms with Gasteiger partial charge in [-0.05, 0) is 19.9 Å². The normalized spacial score (nSPS) is 7.57. The van der Waals surface area contributed by atoms with Crippen molar-refractivity contribution in [2.75, 3.05) is 6.54 Å². The number of hydrogen-bond donors (Lipinski definition) is 4. The van der Waals surface area contributed by atoms with Crippen LogP contribution in [-0.4, -0.2) is 29.7 Å². The molecule has 0 aromatic heterocycles. The Morgan fingerprint density at radius 1 is 1.29 bits per heavy atom. The first-order valence-electron chi connectivity index (χ1n) is 3.55. The second kappa shape index (κ2) is 18.1. The number of rotatable bonds is 3. The maximum Gasteiger partial charge on any atom is 0.492 e. The van der Waals surface area contributed by atoms with Crippen molar-refractivity contribution >= 4 is 8.80 Å². The van der Waals surface area contributed by atoms with Crippen LogP contribution in [0.5, 0.6) is 0 Å². The van der Waals surface area contributed by atoms with E-state index in [1.165, 1.54) is 0 Å². The summed E-state index contributed by atoms with van der Waals surface area (Å²) in [6, 6.07) is 0.0451. The SMILES string of the molecule is C.C#C.C#CC.NCCC[Si](O)(O)O. The van der Waals surface area contributed by atoms with Gasteiger partial charge in [0.15, 0.2) is 0 Å². The fraction of sp³-hybridized carbons (Fsp3) is 0.556. The topological polar surface area (TPSA) is 86.7 Å². The van der Waals surface area contributed by atoms with Crippen LogP contribution in [0.15, 0.2) is 0 Å². The molecule has 0 amide bonds. The van der Waals surface area contributed by atoms with Crippen molar-refractivity contribution in [2.45, 2.75) is 26.8 Å². The first kappa shape index (κ1) is 23.2. The smallest absolute Gasteiger partial charge is 0.390 e. The zero-order valence-corrected chi connectivity index (χ0v) is 8.77. The summed E-state index contributed by atoms with van der Waals surface area (Å²) in [6.07, 6.45) is 13.1. The molecule has 14 heavy (non-hydrogen) atoms. The highest BCUT2D eigenvalue weighted by molar-refractivity contribution is 6.56. The molecule has 0 aromatic carbocycles. The van der Waals surface area contributed by atoms with Crippen LogP contribution in [0.2, 0.25) is 6.04 Å². The first-order chi connectivity index (χ1) is 5.97. The monoisotopic (exact) mass is 219 g/mol. The third-order valence-electron chi connectivity index (χ3n) is 0.716. The maximum absolute atomic E-state index is 8.34. The highest BCUT2D eigenvalue weighted by Crippen LogP contribution is 1.97. The average molecular weight is 219 g/mol. The predicted octanol–water partition coefficient (Wildman–Crippen LogP) is -0.224. The second-order valence-corrected chi connectivity index (χ2v) is 4.00. The van der Waals surface area contributed by atoms with E-state index in [1.54, 1.807) is 6.92 Å². The van der Waals surface area contributed by atoms with Gasteiger partial charge in [0.1, 0.15) is 0 Å². The highest BCUT2D eigenvalue weighted by atomic mass is 28.4. The summed E-state index contributed by atoms with van der Waals surface area (Å²) in [5.74, 6) is 2.25. The van der Waals surface area contributed by atoms with Crippen LogP contribution in [0.4, 0.5) is 0 Å². The van der Waals surface area contributed by atoms with Crippen LogP contribution in [0.1, 0.15) is 20.8 Å². The summed E-state index contributed by atoms with van der Waals surface area (Å²) in [5.41, 5.74) is 5.02. The molecule has 0 heterocycles. The molecule has 0 aliphatic rings. The molecule has 0 fully saturated rings. The predicted molar refractivity (Wildman–Crippen MR) is 62.0 cm³/mol. The Kier molecular flexibility index (Phi) is 29.9. The maximum atomic E-state index is 8.34. The molecule has 0 spiro atoms. The lowest BCUT2D eigenvalue weighted by Crippen LogP contribution is -2.34. The van der Waals surface area contributed by atoms with Gasteiger partial charge in [-0.25, -0.2) is 0 Å². The largest absolute Gasteiger partial charge is 0.492 e. The van der Waals surface area contributed by atoms with Crippen molar-refractivity contribution in [1.29, 1.82) is 0 Å². The Morgan fingerprint density at radius 3 is 1.64 bits per heavy atom. The molecule has 0 aromatic rings. The standard InChI is InChI=1S/C3H11NO3Si.C3H4.C2H2.CH4/c4-2-1-3-8(5,6)7;1-3-2;1-2;/h5-7H,1-4H2;1H,2H3;1-2H;1H4. The molecule has 0 unspecified atom stereocenters. The number of terminal acetylenes is 2. The van der Waals surface area contributed by atoms with Crippen LogP contribution in [0.25, 0.3) is 0 Å². The van der Waals surface area contributed by atoms with Crippen molar-refractivity contribution in [3.05, 3.63) is 0 Å². The highest BCUT2D eigenvalue weighted by Gasteiger charge is 2.24. The molecule has 0 bridgehead atoms. The fourth-order valence-corrected chi connectivity index (χ4v) is 1.02. The fourth-order valence-electron chi connectivity index (χ4n) is 0.339. The minimum atomic E-state index is -3.76. The molecule has 0 rings (SSSR count). The molecule has 5 heteroatoms. The zero-order valence-electron chi connectivity index (χ0n) is 7.77. The van der Waals surface area contributed by atoms with Crippen LogP contribution >= 0.6 is 0 Å². The van der Waals surface area contributed by atoms with Crippen LogP contribution < -0.4 is 5.73 Å². The van der Waals surface area contributed by atoms with Gasteiger partial charge in [-0.15, -0.1) is 25.2 Å². The molecule has 0 radical (unpaired) electrons. The van der Waals surface area contributed by atoms with Gasteiger partial charge in [0, 0.05) is 6.04 Å². The van der Waals surface area contributed by atoms with Gasteiger partial charge in [0.05, 0.1) is 0 Å². The Labute approximate surface area is 88.1 Å². The summed E-state index contributed by atoms with van der Waals surface area (Å²) in [6.45, 7) is 2.04. The second-order valence-electron chi connectivity index (χ2n) is 1.96. The summed E-state index contributed by atoms with van der Waals surface area (Å²) >= 11 is 0. The summed E-state index contributed by atoms with van der Waals surface area (Å²) in [5, 5.41) is 0. The third kappa shape index (κ3) is 66.4. The van der Waals surface area contributed by atoms with E-state index in [1.807, 2.05) is 0 Å². The molecule has 0 aliphatic carbocycles. The molecule has 84 valence electrons. The Bertz CT molecular complexity index is 146. The zero-order chi connectivity index (χ0) is 11.3. The molecular weight excluding hydrogens is 198 g/mol. The van der Waals surface area contributed by atoms with E-state index in [0.717, 1.165) is 0 Å². The lowest BCUT2D eigenvalue weighted by Gasteiger charge is -2.06. The van der Waals surface area contributed by atoms with Crippen molar-refractivity contribution < 1.29 is 14.4 Å². The van der Waals surface area contributed by atoms with E-state index in [4.69, 9.17) is 20.1 Å². The van der Waals surface area contributed by atoms with Gasteiger partial charge >= 0.3 is 8.80 Å². The summed E-state index contributed by atoms with van der Waals surface area (Å²) in [4.78, 5) is 25.0. The van der Waals surface area contributed by atoms with E-state index in [0.29, 0.717) is 13.0 Å². The van der Waals surface area contributed by atoms with E-state index >= 15 is 0 Å². The number of hydrogen-bond acceptors (Lipinski definition) is 4. The minimum absolute atomic E-state index is 0. The van der Waals surface area contributed by atoms with E-state index < -0.39 is 8.80 Å². The molecule has 0 atom stereocenters. The number of nitrogens with two attached hydrogens (primary N) is 1. The van der Waals surface area contributed by atoms with Crippen molar-refractivity contribution in [3.63, 3.8) is 0 Å². The van der Waals surface area contributed by atoms with Gasteiger partial charge < -0.3 is 20.1 Å². The molecule has 0 saturated carbocycles.